The van der Waals surface area contributed by atoms with E-state index in [4.69, 9.17) is 5.73 Å². The highest BCUT2D eigenvalue weighted by Crippen LogP contribution is 2.07. The Labute approximate surface area is 42.0 Å². The minimum atomic E-state index is 0.234. The van der Waals surface area contributed by atoms with Crippen LogP contribution in [0.3, 0.4) is 0 Å². The third-order valence-corrected chi connectivity index (χ3v) is 0.993. The second-order valence-electron chi connectivity index (χ2n) is 1.70. The topological polar surface area (TPSA) is 43.1 Å². The van der Waals surface area contributed by atoms with Crippen molar-refractivity contribution in [2.45, 2.75) is 12.8 Å². The average molecular weight is 97.1 g/mol. The third-order valence-electron chi connectivity index (χ3n) is 0.993. The lowest BCUT2D eigenvalue weighted by molar-refractivity contribution is -0.117. The van der Waals surface area contributed by atoms with E-state index in [9.17, 15) is 4.79 Å². The Morgan fingerprint density at radius 1 is 1.71 bits per heavy atom. The quantitative estimate of drug-likeness (QED) is 0.469. The van der Waals surface area contributed by atoms with Gasteiger partial charge < -0.3 is 5.73 Å². The lowest BCUT2D eigenvalue weighted by atomic mass is 10.3. The van der Waals surface area contributed by atoms with Crippen molar-refractivity contribution in [3.8, 4) is 0 Å². The Balaban J connectivity index is 2.58. The summed E-state index contributed by atoms with van der Waals surface area (Å²) >= 11 is 0. The zero-order valence-corrected chi connectivity index (χ0v) is 3.98. The molecule has 0 heterocycles. The number of rotatable bonds is 0. The highest BCUT2D eigenvalue weighted by Gasteiger charge is 2.07. The van der Waals surface area contributed by atoms with Gasteiger partial charge in [-0.2, -0.15) is 0 Å². The van der Waals surface area contributed by atoms with Crippen LogP contribution in [0, 0.1) is 0 Å². The van der Waals surface area contributed by atoms with Crippen LogP contribution in [0.15, 0.2) is 11.8 Å². The first-order chi connectivity index (χ1) is 3.29. The van der Waals surface area contributed by atoms with Crippen molar-refractivity contribution in [3.63, 3.8) is 0 Å². The molecule has 7 heavy (non-hydrogen) atoms. The predicted octanol–water partition coefficient (Wildman–Crippen LogP) is 0.192. The number of Topliss-reactive ketones (excluding diaryl/α,β-unsaturated/α-hetero) is 1. The van der Waals surface area contributed by atoms with Crippen molar-refractivity contribution in [1.29, 1.82) is 0 Å². The van der Waals surface area contributed by atoms with Crippen molar-refractivity contribution < 1.29 is 4.79 Å². The van der Waals surface area contributed by atoms with E-state index in [-0.39, 0.29) is 5.78 Å². The molecule has 2 heteroatoms. The Kier molecular flexibility index (Phi) is 0.855. The highest BCUT2D eigenvalue weighted by molar-refractivity contribution is 5.85. The second kappa shape index (κ2) is 1.37. The van der Waals surface area contributed by atoms with E-state index < -0.39 is 0 Å². The van der Waals surface area contributed by atoms with Gasteiger partial charge in [-0.05, 0) is 0 Å². The van der Waals surface area contributed by atoms with Gasteiger partial charge in [0.2, 0.25) is 0 Å². The molecule has 0 spiro atoms. The van der Waals surface area contributed by atoms with E-state index in [1.165, 1.54) is 0 Å². The van der Waals surface area contributed by atoms with Gasteiger partial charge in [0.15, 0.2) is 0 Å². The standard InChI is InChI=1S/C5H7NO/c6-4-1-2-5(7)3-4/h1H,2-3,6H2. The molecule has 0 aliphatic heterocycles. The summed E-state index contributed by atoms with van der Waals surface area (Å²) in [6.07, 6.45) is 2.79. The fourth-order valence-electron chi connectivity index (χ4n) is 0.617. The fraction of sp³-hybridized carbons (Fsp3) is 0.400. The maximum absolute atomic E-state index is 10.3. The average Bonchev–Trinajstić information content (AvgIpc) is 1.87. The molecule has 0 amide bonds. The van der Waals surface area contributed by atoms with Crippen LogP contribution >= 0.6 is 0 Å². The Morgan fingerprint density at radius 3 is 2.57 bits per heavy atom. The number of ketones is 1. The summed E-state index contributed by atoms with van der Waals surface area (Å²) in [5, 5.41) is 0. The lowest BCUT2D eigenvalue weighted by Crippen LogP contribution is -1.95. The van der Waals surface area contributed by atoms with Gasteiger partial charge in [0, 0.05) is 18.5 Å². The molecule has 0 bridgehead atoms. The van der Waals surface area contributed by atoms with E-state index in [2.05, 4.69) is 0 Å². The van der Waals surface area contributed by atoms with Gasteiger partial charge in [0.1, 0.15) is 5.78 Å². The minimum absolute atomic E-state index is 0.234. The van der Waals surface area contributed by atoms with Crippen LogP contribution < -0.4 is 5.73 Å². The number of nitrogens with two attached hydrogens (primary N) is 1. The first-order valence-electron chi connectivity index (χ1n) is 2.25. The molecule has 0 fully saturated rings. The largest absolute Gasteiger partial charge is 0.402 e. The van der Waals surface area contributed by atoms with Crippen LogP contribution in [0.1, 0.15) is 12.8 Å². The van der Waals surface area contributed by atoms with Gasteiger partial charge in [0.25, 0.3) is 0 Å². The minimum Gasteiger partial charge on any atom is -0.402 e. The van der Waals surface area contributed by atoms with Gasteiger partial charge >= 0.3 is 0 Å². The smallest absolute Gasteiger partial charge is 0.142 e. The molecule has 2 N–H and O–H groups in total. The summed E-state index contributed by atoms with van der Waals surface area (Å²) in [5.41, 5.74) is 5.99. The maximum atomic E-state index is 10.3. The van der Waals surface area contributed by atoms with E-state index in [0.717, 1.165) is 5.70 Å². The second-order valence-corrected chi connectivity index (χ2v) is 1.70. The zero-order valence-electron chi connectivity index (χ0n) is 3.98. The zero-order chi connectivity index (χ0) is 5.28. The Morgan fingerprint density at radius 2 is 2.43 bits per heavy atom. The monoisotopic (exact) mass is 97.1 g/mol. The lowest BCUT2D eigenvalue weighted by Gasteiger charge is -1.81. The van der Waals surface area contributed by atoms with Crippen LogP contribution in [0.4, 0.5) is 0 Å². The van der Waals surface area contributed by atoms with Crippen molar-refractivity contribution in [1.82, 2.24) is 0 Å². The molecule has 0 saturated carbocycles. The molecular weight excluding hydrogens is 90.1 g/mol. The van der Waals surface area contributed by atoms with Crippen LogP contribution in [-0.4, -0.2) is 5.78 Å². The normalized spacial score (nSPS) is 20.0. The van der Waals surface area contributed by atoms with E-state index in [1.807, 2.05) is 0 Å². The highest BCUT2D eigenvalue weighted by atomic mass is 16.1. The number of carbonyl (C=O) groups excluding carboxylic acids is 1. The van der Waals surface area contributed by atoms with E-state index >= 15 is 0 Å². The van der Waals surface area contributed by atoms with Crippen molar-refractivity contribution >= 4 is 5.78 Å². The SMILES string of the molecule is NC1=CCC(=O)C1. The molecule has 0 aromatic heterocycles. The molecule has 1 rings (SSSR count). The van der Waals surface area contributed by atoms with Crippen LogP contribution in [0.5, 0.6) is 0 Å². The number of carbonyl (C=O) groups is 1. The number of hydrogen-bond donors (Lipinski definition) is 1. The summed E-state index contributed by atoms with van der Waals surface area (Å²) in [6.45, 7) is 0. The molecule has 38 valence electrons. The first kappa shape index (κ1) is 4.37. The predicted molar refractivity (Wildman–Crippen MR) is 26.5 cm³/mol. The molecule has 1 aliphatic rings. The summed E-state index contributed by atoms with van der Waals surface area (Å²) in [6, 6.07) is 0. The van der Waals surface area contributed by atoms with Crippen molar-refractivity contribution in [2.75, 3.05) is 0 Å². The summed E-state index contributed by atoms with van der Waals surface area (Å²) in [5.74, 6) is 0.234. The molecule has 0 atom stereocenters. The molecule has 2 nitrogen and oxygen atoms in total. The maximum Gasteiger partial charge on any atom is 0.142 e. The number of allylic oxidation sites excluding steroid dienone is 2. The van der Waals surface area contributed by atoms with Gasteiger partial charge in [-0.25, -0.2) is 0 Å². The molecule has 0 radical (unpaired) electrons. The molecular formula is C5H7NO. The van der Waals surface area contributed by atoms with Gasteiger partial charge in [0.05, 0.1) is 0 Å². The van der Waals surface area contributed by atoms with Crippen LogP contribution in [0.2, 0.25) is 0 Å². The summed E-state index contributed by atoms with van der Waals surface area (Å²) in [7, 11) is 0. The van der Waals surface area contributed by atoms with Gasteiger partial charge in [-0.1, -0.05) is 6.08 Å². The Hall–Kier alpha value is -0.790. The fourth-order valence-corrected chi connectivity index (χ4v) is 0.617. The molecule has 0 aromatic rings. The third kappa shape index (κ3) is 0.796. The van der Waals surface area contributed by atoms with Gasteiger partial charge in [-0.3, -0.25) is 4.79 Å². The molecule has 0 unspecified atom stereocenters. The Bertz CT molecular complexity index is 126. The molecule has 0 aromatic carbocycles. The van der Waals surface area contributed by atoms with E-state index in [0.29, 0.717) is 12.8 Å². The molecule has 0 saturated heterocycles. The van der Waals surface area contributed by atoms with E-state index in [1.54, 1.807) is 6.08 Å². The summed E-state index contributed by atoms with van der Waals surface area (Å²) in [4.78, 5) is 10.3. The van der Waals surface area contributed by atoms with Crippen LogP contribution in [-0.2, 0) is 4.79 Å². The molecule has 1 aliphatic carbocycles. The van der Waals surface area contributed by atoms with Crippen molar-refractivity contribution in [3.05, 3.63) is 11.8 Å². The first-order valence-corrected chi connectivity index (χ1v) is 2.25. The summed E-state index contributed by atoms with van der Waals surface area (Å²) < 4.78 is 0. The number of hydrogen-bond acceptors (Lipinski definition) is 2. The van der Waals surface area contributed by atoms with Gasteiger partial charge in [-0.15, -0.1) is 0 Å². The van der Waals surface area contributed by atoms with Crippen LogP contribution in [0.25, 0.3) is 0 Å². The van der Waals surface area contributed by atoms with Crippen molar-refractivity contribution in [2.24, 2.45) is 5.73 Å².